The molecule has 3 rings (SSSR count). The van der Waals surface area contributed by atoms with Crippen LogP contribution in [0.1, 0.15) is 26.2 Å². The van der Waals surface area contributed by atoms with Gasteiger partial charge in [-0.3, -0.25) is 4.79 Å². The first-order valence-electron chi connectivity index (χ1n) is 8.23. The summed E-state index contributed by atoms with van der Waals surface area (Å²) in [6.07, 6.45) is 4.46. The van der Waals surface area contributed by atoms with Crippen molar-refractivity contribution in [2.45, 2.75) is 38.8 Å². The van der Waals surface area contributed by atoms with Gasteiger partial charge in [0.2, 0.25) is 5.91 Å². The summed E-state index contributed by atoms with van der Waals surface area (Å²) >= 11 is 6.01. The minimum atomic E-state index is 0.166. The number of hydrogen-bond donors (Lipinski definition) is 1. The van der Waals surface area contributed by atoms with Crippen molar-refractivity contribution in [1.29, 1.82) is 0 Å². The fourth-order valence-corrected chi connectivity index (χ4v) is 3.59. The topological polar surface area (TPSA) is 45.5 Å². The van der Waals surface area contributed by atoms with Crippen molar-refractivity contribution < 1.29 is 9.90 Å². The molecular weight excluding hydrogens is 312 g/mol. The van der Waals surface area contributed by atoms with Gasteiger partial charge in [-0.2, -0.15) is 0 Å². The minimum Gasteiger partial charge on any atom is -0.396 e. The molecule has 1 aromatic heterocycles. The second-order valence-corrected chi connectivity index (χ2v) is 6.92. The van der Waals surface area contributed by atoms with Crippen molar-refractivity contribution in [2.75, 3.05) is 13.2 Å². The second-order valence-electron chi connectivity index (χ2n) is 6.48. The van der Waals surface area contributed by atoms with Gasteiger partial charge in [-0.1, -0.05) is 11.6 Å². The number of likely N-dealkylation sites (tertiary alicyclic amines) is 1. The molecule has 1 aromatic carbocycles. The fraction of sp³-hybridized carbons (Fsp3) is 0.500. The van der Waals surface area contributed by atoms with Crippen molar-refractivity contribution in [3.05, 3.63) is 35.5 Å². The SMILES string of the molecule is CC1CCC(CO)CN1C(=O)CCn1ccc2cc(Cl)ccc21. The molecule has 1 amide bonds. The van der Waals surface area contributed by atoms with E-state index < -0.39 is 0 Å². The largest absolute Gasteiger partial charge is 0.396 e. The summed E-state index contributed by atoms with van der Waals surface area (Å²) in [5, 5.41) is 11.2. The van der Waals surface area contributed by atoms with Crippen LogP contribution in [0.25, 0.3) is 10.9 Å². The Morgan fingerprint density at radius 3 is 2.96 bits per heavy atom. The molecule has 0 aliphatic carbocycles. The number of fused-ring (bicyclic) bond motifs is 1. The van der Waals surface area contributed by atoms with Crippen molar-refractivity contribution in [2.24, 2.45) is 5.92 Å². The first-order valence-corrected chi connectivity index (χ1v) is 8.61. The van der Waals surface area contributed by atoms with E-state index in [0.717, 1.165) is 28.8 Å². The summed E-state index contributed by atoms with van der Waals surface area (Å²) in [5.41, 5.74) is 1.10. The van der Waals surface area contributed by atoms with E-state index in [9.17, 15) is 9.90 Å². The fourth-order valence-electron chi connectivity index (χ4n) is 3.40. The molecule has 2 aromatic rings. The van der Waals surface area contributed by atoms with E-state index in [1.807, 2.05) is 35.4 Å². The number of aryl methyl sites for hydroxylation is 1. The van der Waals surface area contributed by atoms with Crippen LogP contribution in [0.2, 0.25) is 5.02 Å². The van der Waals surface area contributed by atoms with Crippen LogP contribution in [0.4, 0.5) is 0 Å². The molecule has 0 bridgehead atoms. The highest BCUT2D eigenvalue weighted by Gasteiger charge is 2.28. The zero-order valence-corrected chi connectivity index (χ0v) is 14.2. The number of carbonyl (C=O) groups is 1. The first kappa shape index (κ1) is 16.3. The van der Waals surface area contributed by atoms with Crippen LogP contribution in [-0.2, 0) is 11.3 Å². The van der Waals surface area contributed by atoms with Gasteiger partial charge in [0.25, 0.3) is 0 Å². The molecule has 0 radical (unpaired) electrons. The molecule has 5 heteroatoms. The van der Waals surface area contributed by atoms with Gasteiger partial charge < -0.3 is 14.6 Å². The van der Waals surface area contributed by atoms with Gasteiger partial charge in [0.15, 0.2) is 0 Å². The minimum absolute atomic E-state index is 0.166. The summed E-state index contributed by atoms with van der Waals surface area (Å²) in [6, 6.07) is 8.10. The Labute approximate surface area is 141 Å². The molecule has 0 saturated carbocycles. The number of benzene rings is 1. The van der Waals surface area contributed by atoms with E-state index in [2.05, 4.69) is 11.5 Å². The third kappa shape index (κ3) is 3.54. The van der Waals surface area contributed by atoms with Gasteiger partial charge in [-0.05, 0) is 49.9 Å². The number of aliphatic hydroxyl groups is 1. The lowest BCUT2D eigenvalue weighted by Gasteiger charge is -2.37. The van der Waals surface area contributed by atoms with Crippen LogP contribution in [0, 0.1) is 5.92 Å². The van der Waals surface area contributed by atoms with Crippen LogP contribution >= 0.6 is 11.6 Å². The Hall–Kier alpha value is -1.52. The molecule has 2 heterocycles. The van der Waals surface area contributed by atoms with Crippen LogP contribution in [0.3, 0.4) is 0 Å². The summed E-state index contributed by atoms with van der Waals surface area (Å²) in [4.78, 5) is 14.5. The van der Waals surface area contributed by atoms with Crippen molar-refractivity contribution in [3.63, 3.8) is 0 Å². The summed E-state index contributed by atoms with van der Waals surface area (Å²) in [7, 11) is 0. The number of rotatable bonds is 4. The number of carbonyl (C=O) groups excluding carboxylic acids is 1. The van der Waals surface area contributed by atoms with E-state index in [1.165, 1.54) is 0 Å². The number of piperidine rings is 1. The summed E-state index contributed by atoms with van der Waals surface area (Å²) in [5.74, 6) is 0.399. The maximum absolute atomic E-state index is 12.6. The standard InChI is InChI=1S/C18H23ClN2O2/c1-13-2-3-14(12-22)11-21(13)18(23)7-9-20-8-6-15-10-16(19)4-5-17(15)20/h4-6,8,10,13-14,22H,2-3,7,9,11-12H2,1H3. The van der Waals surface area contributed by atoms with Gasteiger partial charge in [0, 0.05) is 54.3 Å². The predicted octanol–water partition coefficient (Wildman–Crippen LogP) is 3.30. The Bertz CT molecular complexity index is 697. The number of amides is 1. The van der Waals surface area contributed by atoms with Crippen molar-refractivity contribution in [1.82, 2.24) is 9.47 Å². The lowest BCUT2D eigenvalue weighted by molar-refractivity contribution is -0.136. The second kappa shape index (κ2) is 6.93. The Morgan fingerprint density at radius 2 is 2.17 bits per heavy atom. The van der Waals surface area contributed by atoms with Gasteiger partial charge in [0.1, 0.15) is 0 Å². The molecule has 1 aliphatic rings. The Balaban J connectivity index is 1.65. The third-order valence-electron chi connectivity index (χ3n) is 4.86. The number of aliphatic hydroxyl groups excluding tert-OH is 1. The maximum Gasteiger partial charge on any atom is 0.224 e. The molecule has 4 nitrogen and oxygen atoms in total. The average molecular weight is 335 g/mol. The van der Waals surface area contributed by atoms with E-state index >= 15 is 0 Å². The van der Waals surface area contributed by atoms with E-state index in [-0.39, 0.29) is 24.5 Å². The molecule has 2 atom stereocenters. The smallest absolute Gasteiger partial charge is 0.224 e. The Morgan fingerprint density at radius 1 is 1.35 bits per heavy atom. The Kier molecular flexibility index (Phi) is 4.93. The van der Waals surface area contributed by atoms with Crippen molar-refractivity contribution in [3.8, 4) is 0 Å². The van der Waals surface area contributed by atoms with E-state index in [4.69, 9.17) is 11.6 Å². The van der Waals surface area contributed by atoms with Crippen molar-refractivity contribution >= 4 is 28.4 Å². The highest BCUT2D eigenvalue weighted by molar-refractivity contribution is 6.31. The predicted molar refractivity (Wildman–Crippen MR) is 92.5 cm³/mol. The molecule has 0 spiro atoms. The molecule has 124 valence electrons. The highest BCUT2D eigenvalue weighted by Crippen LogP contribution is 2.23. The number of hydrogen-bond acceptors (Lipinski definition) is 2. The molecule has 1 fully saturated rings. The number of nitrogens with zero attached hydrogens (tertiary/aromatic N) is 2. The average Bonchev–Trinajstić information content (AvgIpc) is 2.95. The van der Waals surface area contributed by atoms with Crippen LogP contribution in [0.5, 0.6) is 0 Å². The normalized spacial score (nSPS) is 21.8. The lowest BCUT2D eigenvalue weighted by Crippen LogP contribution is -2.46. The van der Waals surface area contributed by atoms with Gasteiger partial charge in [-0.25, -0.2) is 0 Å². The number of aromatic nitrogens is 1. The zero-order chi connectivity index (χ0) is 16.4. The molecule has 2 unspecified atom stereocenters. The van der Waals surface area contributed by atoms with Gasteiger partial charge in [0.05, 0.1) is 0 Å². The molecule has 23 heavy (non-hydrogen) atoms. The molecule has 1 aliphatic heterocycles. The summed E-state index contributed by atoms with van der Waals surface area (Å²) in [6.45, 7) is 3.60. The maximum atomic E-state index is 12.6. The third-order valence-corrected chi connectivity index (χ3v) is 5.09. The number of halogens is 1. The molecule has 1 N–H and O–H groups in total. The van der Waals surface area contributed by atoms with Gasteiger partial charge >= 0.3 is 0 Å². The quantitative estimate of drug-likeness (QED) is 0.932. The van der Waals surface area contributed by atoms with Crippen LogP contribution in [-0.4, -0.2) is 39.7 Å². The van der Waals surface area contributed by atoms with Gasteiger partial charge in [-0.15, -0.1) is 0 Å². The summed E-state index contributed by atoms with van der Waals surface area (Å²) < 4.78 is 2.10. The highest BCUT2D eigenvalue weighted by atomic mass is 35.5. The van der Waals surface area contributed by atoms with E-state index in [1.54, 1.807) is 0 Å². The lowest BCUT2D eigenvalue weighted by atomic mass is 9.94. The van der Waals surface area contributed by atoms with Crippen LogP contribution < -0.4 is 0 Å². The van der Waals surface area contributed by atoms with E-state index in [0.29, 0.717) is 19.5 Å². The zero-order valence-electron chi connectivity index (χ0n) is 13.4. The molecule has 1 saturated heterocycles. The monoisotopic (exact) mass is 334 g/mol. The first-order chi connectivity index (χ1) is 11.1. The molecular formula is C18H23ClN2O2. The van der Waals surface area contributed by atoms with Crippen LogP contribution in [0.15, 0.2) is 30.5 Å².